The molecule has 2 N–H and O–H groups in total. The summed E-state index contributed by atoms with van der Waals surface area (Å²) < 4.78 is 11.0. The molecule has 0 heterocycles. The first-order chi connectivity index (χ1) is 11.5. The van der Waals surface area contributed by atoms with Crippen LogP contribution >= 0.6 is 11.6 Å². The topological polar surface area (TPSA) is 44.5 Å². The third kappa shape index (κ3) is 4.43. The van der Waals surface area contributed by atoms with Gasteiger partial charge in [0.25, 0.3) is 0 Å². The van der Waals surface area contributed by atoms with Crippen molar-refractivity contribution in [2.24, 2.45) is 5.73 Å². The average Bonchev–Trinajstić information content (AvgIpc) is 2.53. The molecule has 0 saturated heterocycles. The molecule has 1 atom stereocenters. The molecule has 0 fully saturated rings. The van der Waals surface area contributed by atoms with Gasteiger partial charge in [-0.25, -0.2) is 0 Å². The Labute approximate surface area is 149 Å². The molecule has 130 valence electrons. The number of rotatable bonds is 7. The van der Waals surface area contributed by atoms with Crippen LogP contribution in [0.4, 0.5) is 0 Å². The molecule has 2 aromatic rings. The smallest absolute Gasteiger partial charge is 0.179 e. The van der Waals surface area contributed by atoms with Crippen molar-refractivity contribution in [3.63, 3.8) is 0 Å². The molecule has 0 aliphatic rings. The SMILES string of the molecule is CCOc1c(Cl)cc(CC(CN)c2cc(C)cc(C)c2)cc1OC. The molecule has 0 radical (unpaired) electrons. The molecular weight excluding hydrogens is 322 g/mol. The third-order valence-electron chi connectivity index (χ3n) is 4.06. The van der Waals surface area contributed by atoms with E-state index in [4.69, 9.17) is 26.8 Å². The molecule has 0 bridgehead atoms. The van der Waals surface area contributed by atoms with E-state index in [-0.39, 0.29) is 5.92 Å². The lowest BCUT2D eigenvalue weighted by molar-refractivity contribution is 0.311. The predicted octanol–water partition coefficient (Wildman–Crippen LogP) is 4.65. The highest BCUT2D eigenvalue weighted by molar-refractivity contribution is 6.32. The van der Waals surface area contributed by atoms with Crippen LogP contribution in [0.25, 0.3) is 0 Å². The van der Waals surface area contributed by atoms with E-state index in [2.05, 4.69) is 32.0 Å². The number of halogens is 1. The maximum absolute atomic E-state index is 6.38. The molecule has 0 aliphatic carbocycles. The molecule has 0 aliphatic heterocycles. The molecule has 4 heteroatoms. The fraction of sp³-hybridized carbons (Fsp3) is 0.400. The summed E-state index contributed by atoms with van der Waals surface area (Å²) in [5.41, 5.74) is 10.9. The lowest BCUT2D eigenvalue weighted by Crippen LogP contribution is -2.15. The first-order valence-electron chi connectivity index (χ1n) is 8.25. The summed E-state index contributed by atoms with van der Waals surface area (Å²) in [5.74, 6) is 1.50. The second-order valence-electron chi connectivity index (χ2n) is 6.10. The normalized spacial score (nSPS) is 12.1. The summed E-state index contributed by atoms with van der Waals surface area (Å²) in [4.78, 5) is 0. The minimum Gasteiger partial charge on any atom is -0.493 e. The highest BCUT2D eigenvalue weighted by Crippen LogP contribution is 2.37. The van der Waals surface area contributed by atoms with Crippen LogP contribution in [0.3, 0.4) is 0 Å². The number of nitrogens with two attached hydrogens (primary N) is 1. The van der Waals surface area contributed by atoms with Crippen LogP contribution < -0.4 is 15.2 Å². The molecule has 0 aromatic heterocycles. The Hall–Kier alpha value is -1.71. The van der Waals surface area contributed by atoms with Crippen LogP contribution in [0.15, 0.2) is 30.3 Å². The van der Waals surface area contributed by atoms with Crippen LogP contribution in [0.2, 0.25) is 5.02 Å². The fourth-order valence-corrected chi connectivity index (χ4v) is 3.33. The van der Waals surface area contributed by atoms with Crippen molar-refractivity contribution in [1.29, 1.82) is 0 Å². The summed E-state index contributed by atoms with van der Waals surface area (Å²) in [6, 6.07) is 10.5. The van der Waals surface area contributed by atoms with Crippen LogP contribution in [-0.4, -0.2) is 20.3 Å². The van der Waals surface area contributed by atoms with Gasteiger partial charge in [0.05, 0.1) is 18.7 Å². The van der Waals surface area contributed by atoms with Gasteiger partial charge in [-0.05, 0) is 57.0 Å². The van der Waals surface area contributed by atoms with E-state index in [0.717, 1.165) is 12.0 Å². The summed E-state index contributed by atoms with van der Waals surface area (Å²) in [6.07, 6.45) is 0.807. The van der Waals surface area contributed by atoms with Crippen LogP contribution in [-0.2, 0) is 6.42 Å². The molecule has 2 rings (SSSR count). The van der Waals surface area contributed by atoms with Crippen molar-refractivity contribution in [3.05, 3.63) is 57.6 Å². The van der Waals surface area contributed by atoms with Crippen molar-refractivity contribution in [3.8, 4) is 11.5 Å². The second-order valence-corrected chi connectivity index (χ2v) is 6.51. The Morgan fingerprint density at radius 2 is 1.75 bits per heavy atom. The first kappa shape index (κ1) is 18.6. The summed E-state index contributed by atoms with van der Waals surface area (Å²) in [6.45, 7) is 7.27. The van der Waals surface area contributed by atoms with Gasteiger partial charge in [0.1, 0.15) is 0 Å². The molecule has 0 saturated carbocycles. The molecule has 0 spiro atoms. The van der Waals surface area contributed by atoms with E-state index in [0.29, 0.717) is 29.7 Å². The van der Waals surface area contributed by atoms with Crippen molar-refractivity contribution < 1.29 is 9.47 Å². The van der Waals surface area contributed by atoms with Gasteiger partial charge in [-0.1, -0.05) is 40.9 Å². The van der Waals surface area contributed by atoms with E-state index in [1.54, 1.807) is 7.11 Å². The minimum atomic E-state index is 0.238. The van der Waals surface area contributed by atoms with E-state index in [1.807, 2.05) is 19.1 Å². The van der Waals surface area contributed by atoms with Crippen molar-refractivity contribution in [2.45, 2.75) is 33.1 Å². The van der Waals surface area contributed by atoms with Crippen LogP contribution in [0, 0.1) is 13.8 Å². The highest BCUT2D eigenvalue weighted by atomic mass is 35.5. The van der Waals surface area contributed by atoms with Gasteiger partial charge in [0, 0.05) is 5.92 Å². The number of hydrogen-bond acceptors (Lipinski definition) is 3. The average molecular weight is 348 g/mol. The van der Waals surface area contributed by atoms with Crippen LogP contribution in [0.1, 0.15) is 35.1 Å². The van der Waals surface area contributed by atoms with E-state index >= 15 is 0 Å². The number of benzene rings is 2. The van der Waals surface area contributed by atoms with Gasteiger partial charge < -0.3 is 15.2 Å². The Balaban J connectivity index is 2.32. The van der Waals surface area contributed by atoms with Crippen molar-refractivity contribution in [1.82, 2.24) is 0 Å². The minimum absolute atomic E-state index is 0.238. The summed E-state index contributed by atoms with van der Waals surface area (Å²) >= 11 is 6.38. The Morgan fingerprint density at radius 1 is 1.08 bits per heavy atom. The number of aryl methyl sites for hydroxylation is 2. The molecule has 1 unspecified atom stereocenters. The quantitative estimate of drug-likeness (QED) is 0.792. The largest absolute Gasteiger partial charge is 0.493 e. The van der Waals surface area contributed by atoms with Crippen LogP contribution in [0.5, 0.6) is 11.5 Å². The lowest BCUT2D eigenvalue weighted by atomic mass is 9.90. The van der Waals surface area contributed by atoms with Gasteiger partial charge >= 0.3 is 0 Å². The zero-order valence-electron chi connectivity index (χ0n) is 14.9. The number of methoxy groups -OCH3 is 1. The first-order valence-corrected chi connectivity index (χ1v) is 8.63. The van der Waals surface area contributed by atoms with Gasteiger partial charge in [0.15, 0.2) is 11.5 Å². The van der Waals surface area contributed by atoms with E-state index < -0.39 is 0 Å². The Morgan fingerprint density at radius 3 is 2.29 bits per heavy atom. The Kier molecular flexibility index (Phi) is 6.52. The number of hydrogen-bond donors (Lipinski definition) is 1. The van der Waals surface area contributed by atoms with Gasteiger partial charge in [-0.3, -0.25) is 0 Å². The zero-order valence-corrected chi connectivity index (χ0v) is 15.6. The number of ether oxygens (including phenoxy) is 2. The Bertz CT molecular complexity index is 680. The van der Waals surface area contributed by atoms with Crippen molar-refractivity contribution in [2.75, 3.05) is 20.3 Å². The molecular formula is C20H26ClNO2. The molecule has 3 nitrogen and oxygen atoms in total. The monoisotopic (exact) mass is 347 g/mol. The van der Waals surface area contributed by atoms with Crippen molar-refractivity contribution >= 4 is 11.6 Å². The zero-order chi connectivity index (χ0) is 17.7. The highest BCUT2D eigenvalue weighted by Gasteiger charge is 2.16. The molecule has 0 amide bonds. The van der Waals surface area contributed by atoms with E-state index in [1.165, 1.54) is 16.7 Å². The lowest BCUT2D eigenvalue weighted by Gasteiger charge is -2.19. The van der Waals surface area contributed by atoms with Gasteiger partial charge in [-0.2, -0.15) is 0 Å². The summed E-state index contributed by atoms with van der Waals surface area (Å²) in [7, 11) is 1.63. The van der Waals surface area contributed by atoms with E-state index in [9.17, 15) is 0 Å². The standard InChI is InChI=1S/C20H26ClNO2/c1-5-24-20-18(21)10-15(11-19(20)23-4)9-17(12-22)16-7-13(2)6-14(3)8-16/h6-8,10-11,17H,5,9,12,22H2,1-4H3. The third-order valence-corrected chi connectivity index (χ3v) is 4.34. The molecule has 24 heavy (non-hydrogen) atoms. The molecule has 2 aromatic carbocycles. The second kappa shape index (κ2) is 8.41. The van der Waals surface area contributed by atoms with Gasteiger partial charge in [-0.15, -0.1) is 0 Å². The summed E-state index contributed by atoms with van der Waals surface area (Å²) in [5, 5.41) is 0.572. The maximum Gasteiger partial charge on any atom is 0.179 e. The maximum atomic E-state index is 6.38. The fourth-order valence-electron chi connectivity index (χ4n) is 3.04. The predicted molar refractivity (Wildman–Crippen MR) is 101 cm³/mol. The van der Waals surface area contributed by atoms with Gasteiger partial charge in [0.2, 0.25) is 0 Å².